The smallest absolute Gasteiger partial charge is 0.222 e. The van der Waals surface area contributed by atoms with Gasteiger partial charge in [0.05, 0.1) is 12.0 Å². The summed E-state index contributed by atoms with van der Waals surface area (Å²) in [4.78, 5) is 11.5. The molecular weight excluding hydrogens is 180 g/mol. The minimum atomic E-state index is -0.149. The van der Waals surface area contributed by atoms with Crippen molar-refractivity contribution in [2.24, 2.45) is 0 Å². The SMILES string of the molecule is CNCCNC(=O)CC1(OC)CCC1. The Balaban J connectivity index is 2.18. The molecule has 0 atom stereocenters. The predicted octanol–water partition coefficient (Wildman–Crippen LogP) is 0.281. The maximum absolute atomic E-state index is 11.5. The van der Waals surface area contributed by atoms with Crippen LogP contribution in [0.5, 0.6) is 0 Å². The Morgan fingerprint density at radius 2 is 2.14 bits per heavy atom. The molecule has 1 amide bonds. The molecule has 0 bridgehead atoms. The molecule has 1 rings (SSSR count). The summed E-state index contributed by atoms with van der Waals surface area (Å²) in [6.07, 6.45) is 3.72. The summed E-state index contributed by atoms with van der Waals surface area (Å²) < 4.78 is 5.37. The Bertz CT molecular complexity index is 185. The van der Waals surface area contributed by atoms with Crippen LogP contribution in [0.4, 0.5) is 0 Å². The van der Waals surface area contributed by atoms with Gasteiger partial charge in [-0.05, 0) is 26.3 Å². The highest BCUT2D eigenvalue weighted by atomic mass is 16.5. The van der Waals surface area contributed by atoms with Crippen molar-refractivity contribution in [2.45, 2.75) is 31.3 Å². The molecule has 0 spiro atoms. The van der Waals surface area contributed by atoms with Crippen LogP contribution in [0, 0.1) is 0 Å². The van der Waals surface area contributed by atoms with Gasteiger partial charge < -0.3 is 15.4 Å². The van der Waals surface area contributed by atoms with Crippen LogP contribution in [-0.2, 0) is 9.53 Å². The quantitative estimate of drug-likeness (QED) is 0.606. The van der Waals surface area contributed by atoms with Gasteiger partial charge in [-0.3, -0.25) is 4.79 Å². The first-order chi connectivity index (χ1) is 6.72. The van der Waals surface area contributed by atoms with Gasteiger partial charge in [-0.25, -0.2) is 0 Å². The van der Waals surface area contributed by atoms with Crippen LogP contribution in [0.3, 0.4) is 0 Å². The molecule has 1 saturated carbocycles. The zero-order valence-electron chi connectivity index (χ0n) is 9.06. The number of likely N-dealkylation sites (N-methyl/N-ethyl adjacent to an activating group) is 1. The zero-order chi connectivity index (χ0) is 10.4. The van der Waals surface area contributed by atoms with Gasteiger partial charge in [0.25, 0.3) is 0 Å². The zero-order valence-corrected chi connectivity index (χ0v) is 9.06. The molecular formula is C10H20N2O2. The van der Waals surface area contributed by atoms with Crippen LogP contribution < -0.4 is 10.6 Å². The van der Waals surface area contributed by atoms with Gasteiger partial charge in [0.1, 0.15) is 0 Å². The number of rotatable bonds is 6. The first kappa shape index (κ1) is 11.5. The van der Waals surface area contributed by atoms with Gasteiger partial charge >= 0.3 is 0 Å². The molecule has 1 aliphatic rings. The van der Waals surface area contributed by atoms with Crippen molar-refractivity contribution in [1.29, 1.82) is 0 Å². The standard InChI is InChI=1S/C10H20N2O2/c1-11-6-7-12-9(13)8-10(14-2)4-3-5-10/h11H,3-8H2,1-2H3,(H,12,13). The minimum Gasteiger partial charge on any atom is -0.378 e. The third-order valence-corrected chi connectivity index (χ3v) is 2.88. The lowest BCUT2D eigenvalue weighted by Gasteiger charge is -2.39. The summed E-state index contributed by atoms with van der Waals surface area (Å²) in [6.45, 7) is 1.50. The van der Waals surface area contributed by atoms with Crippen molar-refractivity contribution in [3.8, 4) is 0 Å². The maximum atomic E-state index is 11.5. The fourth-order valence-electron chi connectivity index (χ4n) is 1.71. The minimum absolute atomic E-state index is 0.0989. The van der Waals surface area contributed by atoms with E-state index in [0.29, 0.717) is 13.0 Å². The van der Waals surface area contributed by atoms with E-state index in [4.69, 9.17) is 4.74 Å². The highest BCUT2D eigenvalue weighted by Gasteiger charge is 2.38. The number of hydrogen-bond donors (Lipinski definition) is 2. The number of ether oxygens (including phenoxy) is 1. The van der Waals surface area contributed by atoms with Gasteiger partial charge in [0.15, 0.2) is 0 Å². The van der Waals surface area contributed by atoms with Gasteiger partial charge in [0.2, 0.25) is 5.91 Å². The van der Waals surface area contributed by atoms with Crippen molar-refractivity contribution in [2.75, 3.05) is 27.2 Å². The predicted molar refractivity (Wildman–Crippen MR) is 55.1 cm³/mol. The lowest BCUT2D eigenvalue weighted by molar-refractivity contribution is -0.134. The lowest BCUT2D eigenvalue weighted by atomic mass is 9.77. The molecule has 0 aromatic rings. The molecule has 0 aromatic heterocycles. The summed E-state index contributed by atoms with van der Waals surface area (Å²) in [5, 5.41) is 5.84. The van der Waals surface area contributed by atoms with Crippen molar-refractivity contribution in [1.82, 2.24) is 10.6 Å². The van der Waals surface area contributed by atoms with Crippen LogP contribution >= 0.6 is 0 Å². The van der Waals surface area contributed by atoms with E-state index in [1.165, 1.54) is 6.42 Å². The number of amides is 1. The van der Waals surface area contributed by atoms with Crippen LogP contribution in [0.2, 0.25) is 0 Å². The number of carbonyl (C=O) groups excluding carboxylic acids is 1. The monoisotopic (exact) mass is 200 g/mol. The van der Waals surface area contributed by atoms with E-state index in [2.05, 4.69) is 10.6 Å². The summed E-state index contributed by atoms with van der Waals surface area (Å²) in [6, 6.07) is 0. The topological polar surface area (TPSA) is 50.4 Å². The average molecular weight is 200 g/mol. The van der Waals surface area contributed by atoms with E-state index in [1.807, 2.05) is 7.05 Å². The Hall–Kier alpha value is -0.610. The first-order valence-corrected chi connectivity index (χ1v) is 5.19. The number of hydrogen-bond acceptors (Lipinski definition) is 3. The second-order valence-corrected chi connectivity index (χ2v) is 3.87. The second-order valence-electron chi connectivity index (χ2n) is 3.87. The van der Waals surface area contributed by atoms with E-state index in [-0.39, 0.29) is 11.5 Å². The summed E-state index contributed by atoms with van der Waals surface area (Å²) >= 11 is 0. The summed E-state index contributed by atoms with van der Waals surface area (Å²) in [5.41, 5.74) is -0.149. The second kappa shape index (κ2) is 5.32. The summed E-state index contributed by atoms with van der Waals surface area (Å²) in [7, 11) is 3.56. The Morgan fingerprint density at radius 3 is 2.57 bits per heavy atom. The van der Waals surface area contributed by atoms with E-state index in [1.54, 1.807) is 7.11 Å². The Labute approximate surface area is 85.4 Å². The van der Waals surface area contributed by atoms with Crippen molar-refractivity contribution < 1.29 is 9.53 Å². The highest BCUT2D eigenvalue weighted by Crippen LogP contribution is 2.37. The van der Waals surface area contributed by atoms with Gasteiger partial charge in [-0.15, -0.1) is 0 Å². The average Bonchev–Trinajstić information content (AvgIpc) is 2.12. The van der Waals surface area contributed by atoms with Crippen molar-refractivity contribution in [3.05, 3.63) is 0 Å². The number of carbonyl (C=O) groups is 1. The largest absolute Gasteiger partial charge is 0.378 e. The maximum Gasteiger partial charge on any atom is 0.222 e. The molecule has 2 N–H and O–H groups in total. The molecule has 82 valence electrons. The molecule has 0 aromatic carbocycles. The number of methoxy groups -OCH3 is 1. The molecule has 0 saturated heterocycles. The molecule has 1 aliphatic carbocycles. The molecule has 4 nitrogen and oxygen atoms in total. The third kappa shape index (κ3) is 2.96. The number of nitrogens with one attached hydrogen (secondary N) is 2. The first-order valence-electron chi connectivity index (χ1n) is 5.19. The van der Waals surface area contributed by atoms with E-state index >= 15 is 0 Å². The Kier molecular flexibility index (Phi) is 4.35. The van der Waals surface area contributed by atoms with Crippen LogP contribution in [0.1, 0.15) is 25.7 Å². The fourth-order valence-corrected chi connectivity index (χ4v) is 1.71. The van der Waals surface area contributed by atoms with Gasteiger partial charge in [-0.2, -0.15) is 0 Å². The van der Waals surface area contributed by atoms with Crippen LogP contribution in [0.15, 0.2) is 0 Å². The lowest BCUT2D eigenvalue weighted by Crippen LogP contribution is -2.44. The van der Waals surface area contributed by atoms with E-state index in [9.17, 15) is 4.79 Å². The normalized spacial score (nSPS) is 18.7. The Morgan fingerprint density at radius 1 is 1.43 bits per heavy atom. The van der Waals surface area contributed by atoms with Crippen molar-refractivity contribution in [3.63, 3.8) is 0 Å². The highest BCUT2D eigenvalue weighted by molar-refractivity contribution is 5.77. The summed E-state index contributed by atoms with van der Waals surface area (Å²) in [5.74, 6) is 0.0989. The van der Waals surface area contributed by atoms with E-state index < -0.39 is 0 Å². The molecule has 0 radical (unpaired) electrons. The molecule has 0 aliphatic heterocycles. The van der Waals surface area contributed by atoms with Crippen molar-refractivity contribution >= 4 is 5.91 Å². The molecule has 4 heteroatoms. The fraction of sp³-hybridized carbons (Fsp3) is 0.900. The molecule has 1 fully saturated rings. The van der Waals surface area contributed by atoms with Gasteiger partial charge in [-0.1, -0.05) is 0 Å². The molecule has 0 heterocycles. The third-order valence-electron chi connectivity index (χ3n) is 2.88. The van der Waals surface area contributed by atoms with Crippen LogP contribution in [-0.4, -0.2) is 38.8 Å². The molecule has 0 unspecified atom stereocenters. The van der Waals surface area contributed by atoms with Gasteiger partial charge in [0, 0.05) is 20.2 Å². The van der Waals surface area contributed by atoms with E-state index in [0.717, 1.165) is 19.4 Å². The van der Waals surface area contributed by atoms with Crippen LogP contribution in [0.25, 0.3) is 0 Å². The molecule has 14 heavy (non-hydrogen) atoms.